The molecule has 1 aromatic heterocycles. The van der Waals surface area contributed by atoms with Crippen molar-refractivity contribution < 1.29 is 9.90 Å². The Hall–Kier alpha value is -1.90. The number of aryl methyl sites for hydroxylation is 2. The van der Waals surface area contributed by atoms with Gasteiger partial charge >= 0.3 is 5.97 Å². The summed E-state index contributed by atoms with van der Waals surface area (Å²) in [6, 6.07) is 5.88. The highest BCUT2D eigenvalue weighted by Gasteiger charge is 2.32. The van der Waals surface area contributed by atoms with Gasteiger partial charge in [-0.2, -0.15) is 0 Å². The SMILES string of the molecule is Cc1ccc2nc3c(c(C(=O)O)c2c1)C[C@@H](C(C)(C)C)CC3. The van der Waals surface area contributed by atoms with Gasteiger partial charge in [-0.05, 0) is 55.2 Å². The molecule has 1 aliphatic carbocycles. The quantitative estimate of drug-likeness (QED) is 0.849. The highest BCUT2D eigenvalue weighted by atomic mass is 16.4. The van der Waals surface area contributed by atoms with E-state index in [1.165, 1.54) is 0 Å². The van der Waals surface area contributed by atoms with Crippen molar-refractivity contribution in [1.29, 1.82) is 0 Å². The number of hydrogen-bond donors (Lipinski definition) is 1. The molecule has 0 unspecified atom stereocenters. The molecule has 1 aromatic carbocycles. The van der Waals surface area contributed by atoms with Crippen LogP contribution in [-0.4, -0.2) is 16.1 Å². The van der Waals surface area contributed by atoms with E-state index in [-0.39, 0.29) is 5.41 Å². The zero-order valence-corrected chi connectivity index (χ0v) is 13.7. The molecular weight excluding hydrogens is 274 g/mol. The van der Waals surface area contributed by atoms with E-state index in [0.29, 0.717) is 11.5 Å². The van der Waals surface area contributed by atoms with Gasteiger partial charge in [0.15, 0.2) is 0 Å². The summed E-state index contributed by atoms with van der Waals surface area (Å²) in [5, 5.41) is 10.6. The number of carbonyl (C=O) groups is 1. The number of pyridine rings is 1. The van der Waals surface area contributed by atoms with Gasteiger partial charge in [0, 0.05) is 11.1 Å². The van der Waals surface area contributed by atoms with Gasteiger partial charge in [-0.1, -0.05) is 32.4 Å². The average Bonchev–Trinajstić information content (AvgIpc) is 2.42. The number of hydrogen-bond acceptors (Lipinski definition) is 2. The van der Waals surface area contributed by atoms with Gasteiger partial charge in [-0.3, -0.25) is 4.98 Å². The molecule has 0 amide bonds. The first-order valence-electron chi connectivity index (χ1n) is 7.93. The van der Waals surface area contributed by atoms with Crippen LogP contribution in [0.25, 0.3) is 10.9 Å². The minimum Gasteiger partial charge on any atom is -0.478 e. The maximum absolute atomic E-state index is 11.9. The second-order valence-electron chi connectivity index (χ2n) is 7.54. The molecule has 0 saturated carbocycles. The maximum Gasteiger partial charge on any atom is 0.336 e. The molecular formula is C19H23NO2. The first kappa shape index (κ1) is 15.0. The molecule has 0 fully saturated rings. The van der Waals surface area contributed by atoms with E-state index in [2.05, 4.69) is 20.8 Å². The number of aromatic nitrogens is 1. The summed E-state index contributed by atoms with van der Waals surface area (Å²) in [7, 11) is 0. The average molecular weight is 297 g/mol. The van der Waals surface area contributed by atoms with Crippen molar-refractivity contribution in [3.05, 3.63) is 40.6 Å². The summed E-state index contributed by atoms with van der Waals surface area (Å²) in [6.07, 6.45) is 2.78. The summed E-state index contributed by atoms with van der Waals surface area (Å²) in [5.74, 6) is -0.328. The molecule has 3 nitrogen and oxygen atoms in total. The maximum atomic E-state index is 11.9. The van der Waals surface area contributed by atoms with Crippen molar-refractivity contribution in [2.75, 3.05) is 0 Å². The number of carboxylic acid groups (broad SMARTS) is 1. The summed E-state index contributed by atoms with van der Waals surface area (Å²) in [4.78, 5) is 16.7. The summed E-state index contributed by atoms with van der Waals surface area (Å²) >= 11 is 0. The molecule has 1 heterocycles. The molecule has 0 bridgehead atoms. The van der Waals surface area contributed by atoms with E-state index in [1.54, 1.807) is 0 Å². The van der Waals surface area contributed by atoms with Gasteiger partial charge in [0.25, 0.3) is 0 Å². The second-order valence-corrected chi connectivity index (χ2v) is 7.54. The molecule has 0 aliphatic heterocycles. The molecule has 0 saturated heterocycles. The summed E-state index contributed by atoms with van der Waals surface area (Å²) in [6.45, 7) is 8.70. The van der Waals surface area contributed by atoms with Crippen LogP contribution in [0.5, 0.6) is 0 Å². The van der Waals surface area contributed by atoms with E-state index >= 15 is 0 Å². The lowest BCUT2D eigenvalue weighted by Crippen LogP contribution is -2.29. The van der Waals surface area contributed by atoms with Crippen molar-refractivity contribution in [2.45, 2.75) is 47.0 Å². The van der Waals surface area contributed by atoms with Crippen LogP contribution in [0.1, 0.15) is 54.4 Å². The van der Waals surface area contributed by atoms with Crippen LogP contribution in [0.4, 0.5) is 0 Å². The molecule has 2 aromatic rings. The topological polar surface area (TPSA) is 50.2 Å². The van der Waals surface area contributed by atoms with E-state index in [4.69, 9.17) is 4.98 Å². The summed E-state index contributed by atoms with van der Waals surface area (Å²) < 4.78 is 0. The number of rotatable bonds is 1. The monoisotopic (exact) mass is 297 g/mol. The van der Waals surface area contributed by atoms with Crippen molar-refractivity contribution in [3.8, 4) is 0 Å². The third kappa shape index (κ3) is 2.49. The molecule has 3 heteroatoms. The molecule has 0 spiro atoms. The van der Waals surface area contributed by atoms with E-state index in [0.717, 1.165) is 47.0 Å². The fraction of sp³-hybridized carbons (Fsp3) is 0.474. The minimum atomic E-state index is -0.830. The second kappa shape index (κ2) is 5.08. The number of nitrogens with zero attached hydrogens (tertiary/aromatic N) is 1. The Balaban J connectivity index is 2.24. The zero-order chi connectivity index (χ0) is 16.1. The third-order valence-electron chi connectivity index (χ3n) is 4.95. The van der Waals surface area contributed by atoms with Gasteiger partial charge in [-0.25, -0.2) is 4.79 Å². The van der Waals surface area contributed by atoms with Crippen LogP contribution in [-0.2, 0) is 12.8 Å². The fourth-order valence-electron chi connectivity index (χ4n) is 3.54. The lowest BCUT2D eigenvalue weighted by Gasteiger charge is -2.35. The Morgan fingerprint density at radius 2 is 2.05 bits per heavy atom. The number of fused-ring (bicyclic) bond motifs is 2. The van der Waals surface area contributed by atoms with E-state index < -0.39 is 5.97 Å². The Bertz CT molecular complexity index is 756. The number of carboxylic acids is 1. The van der Waals surface area contributed by atoms with Crippen molar-refractivity contribution >= 4 is 16.9 Å². The van der Waals surface area contributed by atoms with Crippen LogP contribution in [0, 0.1) is 18.3 Å². The van der Waals surface area contributed by atoms with Crippen LogP contribution in [0.15, 0.2) is 18.2 Å². The Morgan fingerprint density at radius 1 is 1.32 bits per heavy atom. The van der Waals surface area contributed by atoms with E-state index in [1.807, 2.05) is 25.1 Å². The minimum absolute atomic E-state index is 0.190. The van der Waals surface area contributed by atoms with Crippen molar-refractivity contribution in [2.24, 2.45) is 11.3 Å². The zero-order valence-electron chi connectivity index (χ0n) is 13.7. The molecule has 0 radical (unpaired) electrons. The Kier molecular flexibility index (Phi) is 3.47. The third-order valence-corrected chi connectivity index (χ3v) is 4.95. The predicted molar refractivity (Wildman–Crippen MR) is 88.4 cm³/mol. The van der Waals surface area contributed by atoms with Crippen LogP contribution >= 0.6 is 0 Å². The lowest BCUT2D eigenvalue weighted by atomic mass is 9.70. The molecule has 3 rings (SSSR count). The highest BCUT2D eigenvalue weighted by Crippen LogP contribution is 2.39. The summed E-state index contributed by atoms with van der Waals surface area (Å²) in [5.41, 5.74) is 4.47. The van der Waals surface area contributed by atoms with Crippen LogP contribution in [0.3, 0.4) is 0 Å². The number of benzene rings is 1. The highest BCUT2D eigenvalue weighted by molar-refractivity contribution is 6.04. The number of aromatic carboxylic acids is 1. The molecule has 116 valence electrons. The van der Waals surface area contributed by atoms with Crippen LogP contribution < -0.4 is 0 Å². The largest absolute Gasteiger partial charge is 0.478 e. The first-order valence-corrected chi connectivity index (χ1v) is 7.93. The predicted octanol–water partition coefficient (Wildman–Crippen LogP) is 4.39. The van der Waals surface area contributed by atoms with Gasteiger partial charge < -0.3 is 5.11 Å². The normalized spacial score (nSPS) is 18.3. The van der Waals surface area contributed by atoms with Crippen molar-refractivity contribution in [1.82, 2.24) is 4.98 Å². The van der Waals surface area contributed by atoms with Gasteiger partial charge in [-0.15, -0.1) is 0 Å². The van der Waals surface area contributed by atoms with Gasteiger partial charge in [0.05, 0.1) is 11.1 Å². The van der Waals surface area contributed by atoms with Gasteiger partial charge in [0.1, 0.15) is 0 Å². The molecule has 1 aliphatic rings. The van der Waals surface area contributed by atoms with Gasteiger partial charge in [0.2, 0.25) is 0 Å². The fourth-order valence-corrected chi connectivity index (χ4v) is 3.54. The lowest BCUT2D eigenvalue weighted by molar-refractivity contribution is 0.0696. The van der Waals surface area contributed by atoms with E-state index in [9.17, 15) is 9.90 Å². The molecule has 1 atom stereocenters. The Labute approximate surface area is 131 Å². The molecule has 1 N–H and O–H groups in total. The first-order chi connectivity index (χ1) is 10.3. The smallest absolute Gasteiger partial charge is 0.336 e. The standard InChI is InChI=1S/C19H23NO2/c1-11-5-7-15-13(9-11)17(18(21)22)14-10-12(19(2,3)4)6-8-16(14)20-15/h5,7,9,12H,6,8,10H2,1-4H3,(H,21,22)/t12-/m0/s1. The molecule has 22 heavy (non-hydrogen) atoms. The van der Waals surface area contributed by atoms with Crippen molar-refractivity contribution in [3.63, 3.8) is 0 Å². The van der Waals surface area contributed by atoms with Crippen LogP contribution in [0.2, 0.25) is 0 Å². The Morgan fingerprint density at radius 3 is 2.68 bits per heavy atom.